The van der Waals surface area contributed by atoms with Gasteiger partial charge in [-0.1, -0.05) is 19.1 Å². The maximum Gasteiger partial charge on any atom is 0.191 e. The number of aliphatic imine (C=N–C) groups is 1. The van der Waals surface area contributed by atoms with Crippen molar-refractivity contribution in [3.8, 4) is 11.5 Å². The van der Waals surface area contributed by atoms with Gasteiger partial charge in [0, 0.05) is 50.7 Å². The van der Waals surface area contributed by atoms with Crippen molar-refractivity contribution in [2.75, 3.05) is 33.4 Å². The topological polar surface area (TPSA) is 58.1 Å². The molecule has 1 fully saturated rings. The van der Waals surface area contributed by atoms with Crippen molar-refractivity contribution in [1.82, 2.24) is 15.5 Å². The third-order valence-corrected chi connectivity index (χ3v) is 5.22. The van der Waals surface area contributed by atoms with E-state index in [1.165, 1.54) is 0 Å². The number of rotatable bonds is 4. The molecule has 1 aromatic carbocycles. The number of benzene rings is 1. The first-order chi connectivity index (χ1) is 12.6. The van der Waals surface area contributed by atoms with E-state index in [4.69, 9.17) is 9.47 Å². The Labute approximate surface area is 157 Å². The third-order valence-electron chi connectivity index (χ3n) is 5.22. The van der Waals surface area contributed by atoms with Crippen LogP contribution in [0, 0.1) is 5.92 Å². The molecule has 2 heterocycles. The second-order valence-electron chi connectivity index (χ2n) is 7.50. The Kier molecular flexibility index (Phi) is 6.25. The maximum atomic E-state index is 5.90. The van der Waals surface area contributed by atoms with Crippen LogP contribution in [0.1, 0.15) is 32.8 Å². The summed E-state index contributed by atoms with van der Waals surface area (Å²) >= 11 is 0. The van der Waals surface area contributed by atoms with Crippen LogP contribution in [0.5, 0.6) is 11.5 Å². The van der Waals surface area contributed by atoms with E-state index in [2.05, 4.69) is 47.4 Å². The molecule has 26 heavy (non-hydrogen) atoms. The molecule has 0 bridgehead atoms. The SMILES string of the molecule is CN=C(NCc1cccc2c1OCCCO2)NC1CN(C(C)C)CC1C. The summed E-state index contributed by atoms with van der Waals surface area (Å²) in [5.74, 6) is 3.12. The summed E-state index contributed by atoms with van der Waals surface area (Å²) in [6, 6.07) is 7.05. The average Bonchev–Trinajstić information content (AvgIpc) is 2.84. The number of fused-ring (bicyclic) bond motifs is 1. The zero-order chi connectivity index (χ0) is 18.5. The van der Waals surface area contributed by atoms with Gasteiger partial charge in [-0.15, -0.1) is 0 Å². The summed E-state index contributed by atoms with van der Waals surface area (Å²) < 4.78 is 11.7. The van der Waals surface area contributed by atoms with Crippen LogP contribution in [-0.4, -0.2) is 56.3 Å². The second kappa shape index (κ2) is 8.62. The Hall–Kier alpha value is -1.95. The van der Waals surface area contributed by atoms with Crippen LogP contribution in [0.2, 0.25) is 0 Å². The summed E-state index contributed by atoms with van der Waals surface area (Å²) in [6.07, 6.45) is 0.913. The van der Waals surface area contributed by atoms with E-state index in [9.17, 15) is 0 Å². The van der Waals surface area contributed by atoms with Gasteiger partial charge < -0.3 is 20.1 Å². The number of nitrogens with zero attached hydrogens (tertiary/aromatic N) is 2. The first-order valence-corrected chi connectivity index (χ1v) is 9.67. The molecule has 2 aliphatic heterocycles. The molecule has 0 aromatic heterocycles. The molecule has 1 saturated heterocycles. The van der Waals surface area contributed by atoms with Crippen LogP contribution in [0.25, 0.3) is 0 Å². The molecule has 144 valence electrons. The number of hydrogen-bond acceptors (Lipinski definition) is 4. The minimum absolute atomic E-state index is 0.413. The van der Waals surface area contributed by atoms with Gasteiger partial charge in [-0.25, -0.2) is 0 Å². The Balaban J connectivity index is 1.60. The zero-order valence-electron chi connectivity index (χ0n) is 16.4. The van der Waals surface area contributed by atoms with Crippen molar-refractivity contribution >= 4 is 5.96 Å². The smallest absolute Gasteiger partial charge is 0.191 e. The molecular formula is C20H32N4O2. The van der Waals surface area contributed by atoms with Gasteiger partial charge in [0.15, 0.2) is 17.5 Å². The van der Waals surface area contributed by atoms with E-state index in [1.807, 2.05) is 19.2 Å². The monoisotopic (exact) mass is 360 g/mol. The second-order valence-corrected chi connectivity index (χ2v) is 7.50. The number of hydrogen-bond donors (Lipinski definition) is 2. The highest BCUT2D eigenvalue weighted by Gasteiger charge is 2.31. The standard InChI is InChI=1S/C20H32N4O2/c1-14(2)24-12-15(3)17(13-24)23-20(21-4)22-11-16-7-5-8-18-19(16)26-10-6-9-25-18/h5,7-8,14-15,17H,6,9-13H2,1-4H3,(H2,21,22,23). The Morgan fingerprint density at radius 1 is 1.27 bits per heavy atom. The van der Waals surface area contributed by atoms with E-state index in [-0.39, 0.29) is 0 Å². The fourth-order valence-electron chi connectivity index (χ4n) is 3.56. The van der Waals surface area contributed by atoms with E-state index in [0.717, 1.165) is 42.5 Å². The highest BCUT2D eigenvalue weighted by atomic mass is 16.5. The van der Waals surface area contributed by atoms with Crippen molar-refractivity contribution < 1.29 is 9.47 Å². The largest absolute Gasteiger partial charge is 0.490 e. The lowest BCUT2D eigenvalue weighted by Gasteiger charge is -2.22. The predicted molar refractivity (Wildman–Crippen MR) is 105 cm³/mol. The van der Waals surface area contributed by atoms with Crippen molar-refractivity contribution in [2.24, 2.45) is 10.9 Å². The first kappa shape index (κ1) is 18.8. The Morgan fingerprint density at radius 2 is 2.08 bits per heavy atom. The molecule has 3 rings (SSSR count). The zero-order valence-corrected chi connectivity index (χ0v) is 16.4. The predicted octanol–water partition coefficient (Wildman–Crippen LogP) is 2.24. The molecule has 0 saturated carbocycles. The number of likely N-dealkylation sites (tertiary alicyclic amines) is 1. The highest BCUT2D eigenvalue weighted by molar-refractivity contribution is 5.80. The minimum Gasteiger partial charge on any atom is -0.490 e. The molecule has 6 heteroatoms. The molecule has 2 unspecified atom stereocenters. The minimum atomic E-state index is 0.413. The normalized spacial score (nSPS) is 23.8. The van der Waals surface area contributed by atoms with Crippen molar-refractivity contribution in [1.29, 1.82) is 0 Å². The van der Waals surface area contributed by atoms with Crippen LogP contribution in [0.4, 0.5) is 0 Å². The molecule has 0 radical (unpaired) electrons. The molecular weight excluding hydrogens is 328 g/mol. The van der Waals surface area contributed by atoms with E-state index < -0.39 is 0 Å². The van der Waals surface area contributed by atoms with Gasteiger partial charge in [-0.05, 0) is 25.8 Å². The number of guanidine groups is 1. The van der Waals surface area contributed by atoms with Gasteiger partial charge in [0.25, 0.3) is 0 Å². The quantitative estimate of drug-likeness (QED) is 0.637. The van der Waals surface area contributed by atoms with Crippen LogP contribution >= 0.6 is 0 Å². The fraction of sp³-hybridized carbons (Fsp3) is 0.650. The lowest BCUT2D eigenvalue weighted by atomic mass is 10.1. The lowest BCUT2D eigenvalue weighted by molar-refractivity contribution is 0.265. The summed E-state index contributed by atoms with van der Waals surface area (Å²) in [5, 5.41) is 7.02. The van der Waals surface area contributed by atoms with Gasteiger partial charge in [0.2, 0.25) is 0 Å². The van der Waals surface area contributed by atoms with Crippen LogP contribution < -0.4 is 20.1 Å². The number of nitrogens with one attached hydrogen (secondary N) is 2. The fourth-order valence-corrected chi connectivity index (χ4v) is 3.56. The summed E-state index contributed by atoms with van der Waals surface area (Å²) in [4.78, 5) is 6.92. The maximum absolute atomic E-state index is 5.90. The highest BCUT2D eigenvalue weighted by Crippen LogP contribution is 2.33. The van der Waals surface area contributed by atoms with Gasteiger partial charge in [-0.3, -0.25) is 9.89 Å². The van der Waals surface area contributed by atoms with Crippen molar-refractivity contribution in [2.45, 2.75) is 45.8 Å². The molecule has 0 aliphatic carbocycles. The molecule has 1 aromatic rings. The van der Waals surface area contributed by atoms with Gasteiger partial charge in [0.1, 0.15) is 0 Å². The summed E-state index contributed by atoms with van der Waals surface area (Å²) in [6.45, 7) is 11.1. The molecule has 6 nitrogen and oxygen atoms in total. The van der Waals surface area contributed by atoms with Crippen LogP contribution in [0.3, 0.4) is 0 Å². The van der Waals surface area contributed by atoms with E-state index in [0.29, 0.717) is 37.8 Å². The summed E-state index contributed by atoms with van der Waals surface area (Å²) in [5.41, 5.74) is 1.09. The van der Waals surface area contributed by atoms with Gasteiger partial charge >= 0.3 is 0 Å². The third kappa shape index (κ3) is 4.41. The first-order valence-electron chi connectivity index (χ1n) is 9.67. The summed E-state index contributed by atoms with van der Waals surface area (Å²) in [7, 11) is 1.82. The Morgan fingerprint density at radius 3 is 2.81 bits per heavy atom. The Bertz CT molecular complexity index is 632. The van der Waals surface area contributed by atoms with Crippen LogP contribution in [0.15, 0.2) is 23.2 Å². The molecule has 0 spiro atoms. The molecule has 0 amide bonds. The number of ether oxygens (including phenoxy) is 2. The van der Waals surface area contributed by atoms with Crippen molar-refractivity contribution in [3.63, 3.8) is 0 Å². The van der Waals surface area contributed by atoms with E-state index >= 15 is 0 Å². The lowest BCUT2D eigenvalue weighted by Crippen LogP contribution is -2.46. The van der Waals surface area contributed by atoms with Gasteiger partial charge in [0.05, 0.1) is 13.2 Å². The van der Waals surface area contributed by atoms with E-state index in [1.54, 1.807) is 0 Å². The average molecular weight is 361 g/mol. The van der Waals surface area contributed by atoms with Crippen LogP contribution in [-0.2, 0) is 6.54 Å². The number of para-hydroxylation sites is 1. The molecule has 2 aliphatic rings. The molecule has 2 N–H and O–H groups in total. The van der Waals surface area contributed by atoms with Crippen molar-refractivity contribution in [3.05, 3.63) is 23.8 Å². The van der Waals surface area contributed by atoms with Gasteiger partial charge in [-0.2, -0.15) is 0 Å². The molecule has 2 atom stereocenters.